The van der Waals surface area contributed by atoms with E-state index in [0.717, 1.165) is 11.0 Å². The Morgan fingerprint density at radius 1 is 1.46 bits per heavy atom. The van der Waals surface area contributed by atoms with Crippen LogP contribution in [0.5, 0.6) is 0 Å². The van der Waals surface area contributed by atoms with Gasteiger partial charge < -0.3 is 5.11 Å². The van der Waals surface area contributed by atoms with Gasteiger partial charge in [0.1, 0.15) is 17.1 Å². The molecule has 68 valence electrons. The Labute approximate surface area is 75.0 Å². The van der Waals surface area contributed by atoms with Gasteiger partial charge in [-0.2, -0.15) is 5.10 Å². The van der Waals surface area contributed by atoms with Crippen molar-refractivity contribution >= 4 is 11.0 Å². The van der Waals surface area contributed by atoms with E-state index in [-0.39, 0.29) is 0 Å². The molecule has 13 heavy (non-hydrogen) atoms. The Morgan fingerprint density at radius 2 is 2.23 bits per heavy atom. The summed E-state index contributed by atoms with van der Waals surface area (Å²) < 4.78 is 1.70. The number of nitrogens with zero attached hydrogens (tertiary/aromatic N) is 4. The summed E-state index contributed by atoms with van der Waals surface area (Å²) in [5, 5.41) is 13.3. The van der Waals surface area contributed by atoms with Gasteiger partial charge in [0.2, 0.25) is 0 Å². The SMILES string of the molecule is CC(O)c1ncc2c(cnn2C)n1. The van der Waals surface area contributed by atoms with Gasteiger partial charge in [-0.25, -0.2) is 9.97 Å². The van der Waals surface area contributed by atoms with E-state index in [1.807, 2.05) is 7.05 Å². The normalized spacial score (nSPS) is 13.5. The van der Waals surface area contributed by atoms with Crippen LogP contribution in [0.15, 0.2) is 12.4 Å². The van der Waals surface area contributed by atoms with Crippen molar-refractivity contribution in [1.29, 1.82) is 0 Å². The number of aliphatic hydroxyl groups is 1. The molecule has 2 rings (SSSR count). The second-order valence-electron chi connectivity index (χ2n) is 2.94. The monoisotopic (exact) mass is 178 g/mol. The van der Waals surface area contributed by atoms with Crippen molar-refractivity contribution in [1.82, 2.24) is 19.7 Å². The molecular weight excluding hydrogens is 168 g/mol. The van der Waals surface area contributed by atoms with Crippen LogP contribution in [0.4, 0.5) is 0 Å². The lowest BCUT2D eigenvalue weighted by atomic mass is 10.3. The maximum Gasteiger partial charge on any atom is 0.157 e. The third-order valence-electron chi connectivity index (χ3n) is 1.89. The van der Waals surface area contributed by atoms with Crippen molar-refractivity contribution in [3.63, 3.8) is 0 Å². The molecule has 0 aliphatic heterocycles. The zero-order chi connectivity index (χ0) is 9.42. The third-order valence-corrected chi connectivity index (χ3v) is 1.89. The predicted octanol–water partition coefficient (Wildman–Crippen LogP) is 0.417. The van der Waals surface area contributed by atoms with Crippen molar-refractivity contribution in [3.8, 4) is 0 Å². The molecule has 0 saturated heterocycles. The molecule has 0 aliphatic rings. The summed E-state index contributed by atoms with van der Waals surface area (Å²) in [5.74, 6) is 0.431. The summed E-state index contributed by atoms with van der Waals surface area (Å²) in [7, 11) is 1.83. The first-order valence-electron chi connectivity index (χ1n) is 4.01. The summed E-state index contributed by atoms with van der Waals surface area (Å²) in [6, 6.07) is 0. The van der Waals surface area contributed by atoms with Gasteiger partial charge >= 0.3 is 0 Å². The number of aromatic nitrogens is 4. The first-order valence-corrected chi connectivity index (χ1v) is 4.01. The van der Waals surface area contributed by atoms with E-state index >= 15 is 0 Å². The van der Waals surface area contributed by atoms with Crippen LogP contribution in [0.2, 0.25) is 0 Å². The van der Waals surface area contributed by atoms with Crippen LogP contribution in [0.1, 0.15) is 18.9 Å². The quantitative estimate of drug-likeness (QED) is 0.687. The second kappa shape index (κ2) is 2.77. The van der Waals surface area contributed by atoms with Crippen LogP contribution < -0.4 is 0 Å². The molecule has 1 atom stereocenters. The van der Waals surface area contributed by atoms with Gasteiger partial charge in [-0.05, 0) is 6.92 Å². The number of aliphatic hydroxyl groups excluding tert-OH is 1. The molecule has 0 saturated carbocycles. The van der Waals surface area contributed by atoms with Gasteiger partial charge in [-0.1, -0.05) is 0 Å². The molecule has 2 heterocycles. The van der Waals surface area contributed by atoms with Gasteiger partial charge in [0.25, 0.3) is 0 Å². The van der Waals surface area contributed by atoms with E-state index in [4.69, 9.17) is 0 Å². The third kappa shape index (κ3) is 1.27. The van der Waals surface area contributed by atoms with Gasteiger partial charge in [0.05, 0.1) is 12.4 Å². The molecule has 0 aliphatic carbocycles. The number of hydrogen-bond donors (Lipinski definition) is 1. The van der Waals surface area contributed by atoms with Gasteiger partial charge in [0, 0.05) is 7.05 Å². The molecule has 2 aromatic rings. The standard InChI is InChI=1S/C8H10N4O/c1-5(13)8-9-4-7-6(11-8)3-10-12(7)2/h3-5,13H,1-2H3. The molecular formula is C8H10N4O. The first-order chi connectivity index (χ1) is 6.18. The van der Waals surface area contributed by atoms with Crippen LogP contribution in [0.25, 0.3) is 11.0 Å². The van der Waals surface area contributed by atoms with E-state index in [1.165, 1.54) is 0 Å². The highest BCUT2D eigenvalue weighted by molar-refractivity contribution is 5.72. The topological polar surface area (TPSA) is 63.8 Å². The zero-order valence-electron chi connectivity index (χ0n) is 7.47. The van der Waals surface area contributed by atoms with Crippen LogP contribution in [-0.4, -0.2) is 24.9 Å². The Hall–Kier alpha value is -1.49. The lowest BCUT2D eigenvalue weighted by Crippen LogP contribution is -1.99. The predicted molar refractivity (Wildman–Crippen MR) is 46.9 cm³/mol. The van der Waals surface area contributed by atoms with E-state index < -0.39 is 6.10 Å². The van der Waals surface area contributed by atoms with Crippen molar-refractivity contribution < 1.29 is 5.11 Å². The number of rotatable bonds is 1. The molecule has 1 N–H and O–H groups in total. The van der Waals surface area contributed by atoms with Crippen molar-refractivity contribution in [2.75, 3.05) is 0 Å². The maximum absolute atomic E-state index is 9.24. The van der Waals surface area contributed by atoms with Crippen LogP contribution in [0, 0.1) is 0 Å². The summed E-state index contributed by atoms with van der Waals surface area (Å²) in [4.78, 5) is 8.17. The van der Waals surface area contributed by atoms with Crippen molar-refractivity contribution in [2.24, 2.45) is 7.05 Å². The highest BCUT2D eigenvalue weighted by Crippen LogP contribution is 2.12. The van der Waals surface area contributed by atoms with Gasteiger partial charge in [-0.15, -0.1) is 0 Å². The summed E-state index contributed by atoms with van der Waals surface area (Å²) >= 11 is 0. The van der Waals surface area contributed by atoms with Gasteiger partial charge in [-0.3, -0.25) is 4.68 Å². The lowest BCUT2D eigenvalue weighted by Gasteiger charge is -2.01. The molecule has 0 aromatic carbocycles. The molecule has 0 spiro atoms. The summed E-state index contributed by atoms with van der Waals surface area (Å²) in [6.45, 7) is 1.64. The highest BCUT2D eigenvalue weighted by Gasteiger charge is 2.07. The summed E-state index contributed by atoms with van der Waals surface area (Å²) in [6.07, 6.45) is 2.69. The minimum absolute atomic E-state index is 0.431. The minimum atomic E-state index is -0.635. The number of aryl methyl sites for hydroxylation is 1. The Balaban J connectivity index is 2.63. The van der Waals surface area contributed by atoms with E-state index in [2.05, 4.69) is 15.1 Å². The van der Waals surface area contributed by atoms with Crippen molar-refractivity contribution in [3.05, 3.63) is 18.2 Å². The average Bonchev–Trinajstić information content (AvgIpc) is 2.47. The molecule has 0 radical (unpaired) electrons. The fourth-order valence-corrected chi connectivity index (χ4v) is 1.15. The number of hydrogen-bond acceptors (Lipinski definition) is 4. The maximum atomic E-state index is 9.24. The average molecular weight is 178 g/mol. The van der Waals surface area contributed by atoms with E-state index in [9.17, 15) is 5.11 Å². The van der Waals surface area contributed by atoms with Crippen LogP contribution >= 0.6 is 0 Å². The lowest BCUT2D eigenvalue weighted by molar-refractivity contribution is 0.189. The van der Waals surface area contributed by atoms with Crippen molar-refractivity contribution in [2.45, 2.75) is 13.0 Å². The molecule has 5 nitrogen and oxygen atoms in total. The molecule has 0 amide bonds. The van der Waals surface area contributed by atoms with Crippen LogP contribution in [0.3, 0.4) is 0 Å². The Bertz CT molecular complexity index is 435. The largest absolute Gasteiger partial charge is 0.385 e. The van der Waals surface area contributed by atoms with Gasteiger partial charge in [0.15, 0.2) is 5.82 Å². The Kier molecular flexibility index (Phi) is 1.73. The highest BCUT2D eigenvalue weighted by atomic mass is 16.3. The number of fused-ring (bicyclic) bond motifs is 1. The molecule has 0 bridgehead atoms. The molecule has 2 aromatic heterocycles. The molecule has 0 fully saturated rings. The fraction of sp³-hybridized carbons (Fsp3) is 0.375. The first kappa shape index (κ1) is 8.12. The molecule has 5 heteroatoms. The second-order valence-corrected chi connectivity index (χ2v) is 2.94. The molecule has 1 unspecified atom stereocenters. The zero-order valence-corrected chi connectivity index (χ0v) is 7.47. The smallest absolute Gasteiger partial charge is 0.157 e. The minimum Gasteiger partial charge on any atom is -0.385 e. The van der Waals surface area contributed by atoms with E-state index in [0.29, 0.717) is 5.82 Å². The van der Waals surface area contributed by atoms with E-state index in [1.54, 1.807) is 24.0 Å². The Morgan fingerprint density at radius 3 is 2.92 bits per heavy atom. The van der Waals surface area contributed by atoms with Crippen LogP contribution in [-0.2, 0) is 7.05 Å². The fourth-order valence-electron chi connectivity index (χ4n) is 1.15. The summed E-state index contributed by atoms with van der Waals surface area (Å²) in [5.41, 5.74) is 1.62.